The van der Waals surface area contributed by atoms with Gasteiger partial charge in [-0.2, -0.15) is 0 Å². The van der Waals surface area contributed by atoms with Gasteiger partial charge in [-0.15, -0.1) is 0 Å². The standard InChI is InChI=1S/C23H25FN4O3/c1-15-19(27-23(31-15)17-6-2-3-7-18(17)24)10-28-11-20-21(12-28)30-14-16(13-29-20)26-22-8-4-5-9-25-22/h2-9,16,20-21H,10-14H2,1H3,(H,25,26)/t20-,21-/m0/s1. The second-order valence-electron chi connectivity index (χ2n) is 8.00. The minimum absolute atomic E-state index is 0.00813. The molecule has 0 saturated carbocycles. The molecule has 31 heavy (non-hydrogen) atoms. The molecule has 0 unspecified atom stereocenters. The Morgan fingerprint density at radius 2 is 1.81 bits per heavy atom. The molecule has 2 saturated heterocycles. The zero-order valence-corrected chi connectivity index (χ0v) is 17.3. The average molecular weight is 424 g/mol. The highest BCUT2D eigenvalue weighted by Crippen LogP contribution is 2.27. The number of hydrogen-bond donors (Lipinski definition) is 1. The topological polar surface area (TPSA) is 72.7 Å². The Morgan fingerprint density at radius 1 is 1.06 bits per heavy atom. The van der Waals surface area contributed by atoms with Gasteiger partial charge in [-0.05, 0) is 31.2 Å². The number of halogens is 1. The molecule has 0 bridgehead atoms. The molecule has 2 aromatic heterocycles. The number of nitrogens with zero attached hydrogens (tertiary/aromatic N) is 3. The van der Waals surface area contributed by atoms with Crippen molar-refractivity contribution in [1.29, 1.82) is 0 Å². The molecule has 2 aliphatic rings. The Bertz CT molecular complexity index is 1010. The lowest BCUT2D eigenvalue weighted by atomic mass is 10.2. The zero-order chi connectivity index (χ0) is 21.2. The Balaban J connectivity index is 1.19. The number of nitrogens with one attached hydrogen (secondary N) is 1. The van der Waals surface area contributed by atoms with Gasteiger partial charge in [-0.1, -0.05) is 18.2 Å². The summed E-state index contributed by atoms with van der Waals surface area (Å²) >= 11 is 0. The predicted molar refractivity (Wildman–Crippen MR) is 113 cm³/mol. The molecule has 1 aromatic carbocycles. The summed E-state index contributed by atoms with van der Waals surface area (Å²) in [6, 6.07) is 12.3. The largest absolute Gasteiger partial charge is 0.441 e. The smallest absolute Gasteiger partial charge is 0.229 e. The van der Waals surface area contributed by atoms with Crippen molar-refractivity contribution in [2.24, 2.45) is 0 Å². The summed E-state index contributed by atoms with van der Waals surface area (Å²) in [4.78, 5) is 11.1. The third kappa shape index (κ3) is 4.46. The molecule has 8 heteroatoms. The van der Waals surface area contributed by atoms with Crippen LogP contribution in [-0.4, -0.2) is 59.4 Å². The molecule has 7 nitrogen and oxygen atoms in total. The number of fused-ring (bicyclic) bond motifs is 1. The van der Waals surface area contributed by atoms with Crippen LogP contribution in [0.3, 0.4) is 0 Å². The van der Waals surface area contributed by atoms with Crippen LogP contribution in [0.4, 0.5) is 10.2 Å². The van der Waals surface area contributed by atoms with Gasteiger partial charge in [-0.25, -0.2) is 14.4 Å². The first-order valence-electron chi connectivity index (χ1n) is 10.5. The molecule has 0 aliphatic carbocycles. The monoisotopic (exact) mass is 424 g/mol. The number of aromatic nitrogens is 2. The molecule has 0 amide bonds. The first-order valence-corrected chi connectivity index (χ1v) is 10.5. The van der Waals surface area contributed by atoms with E-state index in [9.17, 15) is 4.39 Å². The molecule has 5 rings (SSSR count). The molecular weight excluding hydrogens is 399 g/mol. The van der Waals surface area contributed by atoms with Crippen molar-refractivity contribution in [2.45, 2.75) is 31.7 Å². The van der Waals surface area contributed by atoms with Crippen molar-refractivity contribution in [1.82, 2.24) is 14.9 Å². The first-order chi connectivity index (χ1) is 15.2. The molecule has 4 heterocycles. The highest BCUT2D eigenvalue weighted by Gasteiger charge is 2.38. The molecule has 1 N–H and O–H groups in total. The maximum Gasteiger partial charge on any atom is 0.229 e. The lowest BCUT2D eigenvalue weighted by Gasteiger charge is -2.19. The van der Waals surface area contributed by atoms with Crippen molar-refractivity contribution in [3.05, 3.63) is 65.9 Å². The van der Waals surface area contributed by atoms with Crippen LogP contribution >= 0.6 is 0 Å². The summed E-state index contributed by atoms with van der Waals surface area (Å²) in [6.45, 7) is 5.10. The van der Waals surface area contributed by atoms with Crippen molar-refractivity contribution < 1.29 is 18.3 Å². The highest BCUT2D eigenvalue weighted by atomic mass is 19.1. The maximum absolute atomic E-state index is 14.1. The van der Waals surface area contributed by atoms with Crippen molar-refractivity contribution in [3.63, 3.8) is 0 Å². The van der Waals surface area contributed by atoms with Gasteiger partial charge in [0.2, 0.25) is 5.89 Å². The fraction of sp³-hybridized carbons (Fsp3) is 0.391. The summed E-state index contributed by atoms with van der Waals surface area (Å²) < 4.78 is 32.1. The number of ether oxygens (including phenoxy) is 2. The summed E-state index contributed by atoms with van der Waals surface area (Å²) in [7, 11) is 0. The second-order valence-corrected chi connectivity index (χ2v) is 8.00. The molecule has 0 radical (unpaired) electrons. The van der Waals surface area contributed by atoms with Gasteiger partial charge >= 0.3 is 0 Å². The average Bonchev–Trinajstić information content (AvgIpc) is 3.28. The number of oxazole rings is 1. The van der Waals surface area contributed by atoms with Crippen LogP contribution in [-0.2, 0) is 16.0 Å². The SMILES string of the molecule is Cc1oc(-c2ccccc2F)nc1CN1C[C@@H]2OCC(Nc3ccccn3)CO[C@H]2C1. The lowest BCUT2D eigenvalue weighted by molar-refractivity contribution is -0.00461. The van der Waals surface area contributed by atoms with E-state index in [1.807, 2.05) is 25.1 Å². The Labute approximate surface area is 180 Å². The summed E-state index contributed by atoms with van der Waals surface area (Å²) in [5.74, 6) is 1.50. The third-order valence-corrected chi connectivity index (χ3v) is 5.70. The van der Waals surface area contributed by atoms with Crippen LogP contribution in [0, 0.1) is 12.7 Å². The predicted octanol–water partition coefficient (Wildman–Crippen LogP) is 3.26. The highest BCUT2D eigenvalue weighted by molar-refractivity contribution is 5.54. The third-order valence-electron chi connectivity index (χ3n) is 5.70. The van der Waals surface area contributed by atoms with Gasteiger partial charge in [0.1, 0.15) is 17.4 Å². The van der Waals surface area contributed by atoms with Gasteiger partial charge < -0.3 is 19.2 Å². The number of likely N-dealkylation sites (tertiary alicyclic amines) is 1. The molecule has 2 aliphatic heterocycles. The van der Waals surface area contributed by atoms with E-state index in [4.69, 9.17) is 13.9 Å². The summed E-state index contributed by atoms with van der Waals surface area (Å²) in [5.41, 5.74) is 1.19. The van der Waals surface area contributed by atoms with Crippen LogP contribution in [0.5, 0.6) is 0 Å². The zero-order valence-electron chi connectivity index (χ0n) is 17.3. The van der Waals surface area contributed by atoms with Crippen LogP contribution in [0.2, 0.25) is 0 Å². The molecule has 3 aromatic rings. The minimum atomic E-state index is -0.339. The first kappa shape index (κ1) is 20.1. The van der Waals surface area contributed by atoms with Crippen molar-refractivity contribution in [3.8, 4) is 11.5 Å². The van der Waals surface area contributed by atoms with E-state index in [0.29, 0.717) is 37.0 Å². The second kappa shape index (κ2) is 8.74. The number of rotatable bonds is 5. The van der Waals surface area contributed by atoms with Gasteiger partial charge in [0.05, 0.1) is 42.7 Å². The Morgan fingerprint density at radius 3 is 2.52 bits per heavy atom. The van der Waals surface area contributed by atoms with Crippen molar-refractivity contribution in [2.75, 3.05) is 31.6 Å². The lowest BCUT2D eigenvalue weighted by Crippen LogP contribution is -2.31. The number of pyridine rings is 1. The number of aryl methyl sites for hydroxylation is 1. The molecule has 162 valence electrons. The van der Waals surface area contributed by atoms with E-state index in [1.54, 1.807) is 24.4 Å². The normalized spacial score (nSPS) is 22.3. The van der Waals surface area contributed by atoms with E-state index in [1.165, 1.54) is 6.07 Å². The molecule has 2 fully saturated rings. The molecule has 0 spiro atoms. The maximum atomic E-state index is 14.1. The van der Waals surface area contributed by atoms with E-state index in [-0.39, 0.29) is 24.1 Å². The van der Waals surface area contributed by atoms with Gasteiger partial charge in [0, 0.05) is 25.8 Å². The van der Waals surface area contributed by atoms with E-state index in [2.05, 4.69) is 20.2 Å². The molecular formula is C23H25FN4O3. The molecule has 2 atom stereocenters. The van der Waals surface area contributed by atoms with Crippen molar-refractivity contribution >= 4 is 5.82 Å². The number of benzene rings is 1. The van der Waals surface area contributed by atoms with Crippen LogP contribution < -0.4 is 5.32 Å². The number of anilines is 1. The number of hydrogen-bond acceptors (Lipinski definition) is 7. The quantitative estimate of drug-likeness (QED) is 0.674. The fourth-order valence-corrected chi connectivity index (χ4v) is 4.07. The summed E-state index contributed by atoms with van der Waals surface area (Å²) in [6.07, 6.45) is 1.78. The van der Waals surface area contributed by atoms with E-state index in [0.717, 1.165) is 24.6 Å². The van der Waals surface area contributed by atoms with Crippen LogP contribution in [0.25, 0.3) is 11.5 Å². The minimum Gasteiger partial charge on any atom is -0.441 e. The van der Waals surface area contributed by atoms with Crippen LogP contribution in [0.15, 0.2) is 53.1 Å². The Kier molecular flexibility index (Phi) is 5.67. The van der Waals surface area contributed by atoms with Gasteiger partial charge in [-0.3, -0.25) is 4.90 Å². The van der Waals surface area contributed by atoms with Gasteiger partial charge in [0.15, 0.2) is 0 Å². The fourth-order valence-electron chi connectivity index (χ4n) is 4.07. The Hall–Kier alpha value is -2.81. The van der Waals surface area contributed by atoms with E-state index >= 15 is 0 Å². The van der Waals surface area contributed by atoms with Gasteiger partial charge in [0.25, 0.3) is 0 Å². The van der Waals surface area contributed by atoms with E-state index < -0.39 is 0 Å². The summed E-state index contributed by atoms with van der Waals surface area (Å²) in [5, 5.41) is 3.36. The van der Waals surface area contributed by atoms with Crippen LogP contribution in [0.1, 0.15) is 11.5 Å².